The summed E-state index contributed by atoms with van der Waals surface area (Å²) in [6.07, 6.45) is 4.31. The average molecular weight is 397 g/mol. The quantitative estimate of drug-likeness (QED) is 0.509. The van der Waals surface area contributed by atoms with Gasteiger partial charge in [-0.1, -0.05) is 18.2 Å². The second-order valence-electron chi connectivity index (χ2n) is 7.02. The van der Waals surface area contributed by atoms with E-state index in [-0.39, 0.29) is 0 Å². The minimum absolute atomic E-state index is 0.506. The lowest BCUT2D eigenvalue weighted by Crippen LogP contribution is -2.14. The molecule has 0 aliphatic carbocycles. The fraction of sp³-hybridized carbons (Fsp3) is 0.261. The highest BCUT2D eigenvalue weighted by Crippen LogP contribution is 2.28. The maximum absolute atomic E-state index is 10.0. The van der Waals surface area contributed by atoms with E-state index in [0.29, 0.717) is 24.0 Å². The molecule has 1 unspecified atom stereocenters. The number of benzene rings is 1. The van der Waals surface area contributed by atoms with Crippen LogP contribution in [-0.2, 0) is 13.0 Å². The van der Waals surface area contributed by atoms with Gasteiger partial charge in [0.1, 0.15) is 11.7 Å². The summed E-state index contributed by atoms with van der Waals surface area (Å²) in [7, 11) is 0. The lowest BCUT2D eigenvalue weighted by Gasteiger charge is -2.14. The Kier molecular flexibility index (Phi) is 5.66. The van der Waals surface area contributed by atoms with Gasteiger partial charge in [-0.2, -0.15) is 5.26 Å². The second kappa shape index (κ2) is 8.70. The van der Waals surface area contributed by atoms with Gasteiger partial charge in [0.25, 0.3) is 0 Å². The largest absolute Gasteiger partial charge is 0.354 e. The molecule has 0 spiro atoms. The first-order valence-electron chi connectivity index (χ1n) is 10.0. The van der Waals surface area contributed by atoms with Crippen LogP contribution in [-0.4, -0.2) is 31.0 Å². The van der Waals surface area contributed by atoms with Crippen LogP contribution in [0, 0.1) is 18.3 Å². The number of nitriles is 1. The van der Waals surface area contributed by atoms with Crippen LogP contribution < -0.4 is 5.32 Å². The highest BCUT2D eigenvalue weighted by Gasteiger charge is 2.24. The fourth-order valence-corrected chi connectivity index (χ4v) is 3.57. The summed E-state index contributed by atoms with van der Waals surface area (Å²) in [5.74, 6) is 0.644. The summed E-state index contributed by atoms with van der Waals surface area (Å²) in [6, 6.07) is 16.2. The molecule has 3 heterocycles. The van der Waals surface area contributed by atoms with Gasteiger partial charge in [0.2, 0.25) is 5.95 Å². The smallest absolute Gasteiger partial charge is 0.222 e. The first-order valence-corrected chi connectivity index (χ1v) is 10.0. The summed E-state index contributed by atoms with van der Waals surface area (Å²) in [5.41, 5.74) is 4.46. The minimum atomic E-state index is -0.573. The molecule has 7 nitrogen and oxygen atoms in total. The summed E-state index contributed by atoms with van der Waals surface area (Å²) >= 11 is 0. The molecule has 0 amide bonds. The number of aromatic nitrogens is 5. The molecule has 30 heavy (non-hydrogen) atoms. The predicted molar refractivity (Wildman–Crippen MR) is 116 cm³/mol. The average Bonchev–Trinajstić information content (AvgIpc) is 3.15. The Morgan fingerprint density at radius 3 is 2.70 bits per heavy atom. The van der Waals surface area contributed by atoms with Gasteiger partial charge in [0.05, 0.1) is 22.8 Å². The van der Waals surface area contributed by atoms with Crippen molar-refractivity contribution in [1.29, 1.82) is 5.26 Å². The molecule has 0 bridgehead atoms. The number of imidazole rings is 1. The number of nitrogens with one attached hydrogen (secondary N) is 1. The molecule has 4 rings (SSSR count). The molecule has 0 saturated carbocycles. The van der Waals surface area contributed by atoms with E-state index in [0.717, 1.165) is 35.3 Å². The molecule has 0 radical (unpaired) electrons. The lowest BCUT2D eigenvalue weighted by molar-refractivity contribution is 0.702. The highest BCUT2D eigenvalue weighted by molar-refractivity contribution is 5.76. The standard InChI is InChI=1S/C23H23N7/c1-3-30-20-10-5-4-9-19(20)28-22(30)18(14-24)21-16(2)15-27-23(29-21)26-13-11-17-8-6-7-12-25-17/h4-10,12,15,18H,3,11,13H2,1-2H3,(H,26,27,29). The third-order valence-corrected chi connectivity index (χ3v) is 5.06. The zero-order valence-electron chi connectivity index (χ0n) is 17.1. The van der Waals surface area contributed by atoms with Crippen molar-refractivity contribution in [1.82, 2.24) is 24.5 Å². The normalized spacial score (nSPS) is 11.9. The topological polar surface area (TPSA) is 92.3 Å². The Morgan fingerprint density at radius 2 is 1.93 bits per heavy atom. The van der Waals surface area contributed by atoms with E-state index in [1.807, 2.05) is 49.4 Å². The van der Waals surface area contributed by atoms with E-state index in [9.17, 15) is 5.26 Å². The van der Waals surface area contributed by atoms with Gasteiger partial charge in [0.15, 0.2) is 0 Å². The van der Waals surface area contributed by atoms with E-state index in [1.165, 1.54) is 0 Å². The Hall–Kier alpha value is -3.79. The molecule has 0 aliphatic heterocycles. The number of pyridine rings is 1. The number of hydrogen-bond acceptors (Lipinski definition) is 6. The monoisotopic (exact) mass is 397 g/mol. The highest BCUT2D eigenvalue weighted by atomic mass is 15.1. The van der Waals surface area contributed by atoms with Gasteiger partial charge in [-0.25, -0.2) is 15.0 Å². The summed E-state index contributed by atoms with van der Waals surface area (Å²) < 4.78 is 2.08. The molecule has 1 N–H and O–H groups in total. The molecule has 0 saturated heterocycles. The molecule has 150 valence electrons. The second-order valence-corrected chi connectivity index (χ2v) is 7.02. The van der Waals surface area contributed by atoms with Crippen molar-refractivity contribution in [2.45, 2.75) is 32.7 Å². The van der Waals surface area contributed by atoms with Crippen molar-refractivity contribution >= 4 is 17.0 Å². The molecule has 1 atom stereocenters. The van der Waals surface area contributed by atoms with Crippen LogP contribution >= 0.6 is 0 Å². The van der Waals surface area contributed by atoms with Crippen LogP contribution in [0.4, 0.5) is 5.95 Å². The van der Waals surface area contributed by atoms with E-state index >= 15 is 0 Å². The van der Waals surface area contributed by atoms with Crippen molar-refractivity contribution in [2.75, 3.05) is 11.9 Å². The van der Waals surface area contributed by atoms with E-state index in [2.05, 4.69) is 37.8 Å². The maximum atomic E-state index is 10.0. The first kappa shape index (κ1) is 19.5. The zero-order valence-corrected chi connectivity index (χ0v) is 17.1. The first-order chi connectivity index (χ1) is 14.7. The third-order valence-electron chi connectivity index (χ3n) is 5.06. The third kappa shape index (κ3) is 3.85. The van der Waals surface area contributed by atoms with Crippen molar-refractivity contribution in [3.63, 3.8) is 0 Å². The van der Waals surface area contributed by atoms with Crippen molar-refractivity contribution in [3.05, 3.63) is 77.6 Å². The molecule has 0 aliphatic rings. The summed E-state index contributed by atoms with van der Waals surface area (Å²) in [4.78, 5) is 18.1. The number of anilines is 1. The van der Waals surface area contributed by atoms with Crippen LogP contribution in [0.15, 0.2) is 54.9 Å². The predicted octanol–water partition coefficient (Wildman–Crippen LogP) is 3.86. The summed E-state index contributed by atoms with van der Waals surface area (Å²) in [5, 5.41) is 13.3. The minimum Gasteiger partial charge on any atom is -0.354 e. The van der Waals surface area contributed by atoms with Crippen molar-refractivity contribution < 1.29 is 0 Å². The van der Waals surface area contributed by atoms with E-state index < -0.39 is 5.92 Å². The summed E-state index contributed by atoms with van der Waals surface area (Å²) in [6.45, 7) is 5.37. The number of rotatable bonds is 7. The van der Waals surface area contributed by atoms with Crippen molar-refractivity contribution in [3.8, 4) is 6.07 Å². The number of hydrogen-bond donors (Lipinski definition) is 1. The number of para-hydroxylation sites is 2. The number of fused-ring (bicyclic) bond motifs is 1. The van der Waals surface area contributed by atoms with Gasteiger partial charge < -0.3 is 9.88 Å². The zero-order chi connectivity index (χ0) is 20.9. The van der Waals surface area contributed by atoms with Crippen LogP contribution in [0.5, 0.6) is 0 Å². The van der Waals surface area contributed by atoms with E-state index in [4.69, 9.17) is 4.98 Å². The van der Waals surface area contributed by atoms with Gasteiger partial charge in [-0.15, -0.1) is 0 Å². The van der Waals surface area contributed by atoms with Gasteiger partial charge in [-0.3, -0.25) is 4.98 Å². The van der Waals surface area contributed by atoms with Crippen LogP contribution in [0.2, 0.25) is 0 Å². The molecule has 7 heteroatoms. The van der Waals surface area contributed by atoms with Crippen LogP contribution in [0.1, 0.15) is 35.6 Å². The Labute approximate surface area is 175 Å². The lowest BCUT2D eigenvalue weighted by atomic mass is 10.0. The maximum Gasteiger partial charge on any atom is 0.222 e. The SMILES string of the molecule is CCn1c(C(C#N)c2nc(NCCc3ccccn3)ncc2C)nc2ccccc21. The van der Waals surface area contributed by atoms with Crippen molar-refractivity contribution in [2.24, 2.45) is 0 Å². The molecule has 4 aromatic rings. The van der Waals surface area contributed by atoms with Gasteiger partial charge >= 0.3 is 0 Å². The Morgan fingerprint density at radius 1 is 1.10 bits per heavy atom. The molecular formula is C23H23N7. The van der Waals surface area contributed by atoms with E-state index in [1.54, 1.807) is 12.4 Å². The van der Waals surface area contributed by atoms with Crippen LogP contribution in [0.25, 0.3) is 11.0 Å². The van der Waals surface area contributed by atoms with Gasteiger partial charge in [-0.05, 0) is 43.7 Å². The molecule has 0 fully saturated rings. The number of nitrogens with zero attached hydrogens (tertiary/aromatic N) is 6. The molecule has 3 aromatic heterocycles. The molecule has 1 aromatic carbocycles. The fourth-order valence-electron chi connectivity index (χ4n) is 3.57. The van der Waals surface area contributed by atoms with Gasteiger partial charge in [0, 0.05) is 37.6 Å². The number of aryl methyl sites for hydroxylation is 2. The molecular weight excluding hydrogens is 374 g/mol. The Bertz CT molecular complexity index is 1190. The Balaban J connectivity index is 1.62. The van der Waals surface area contributed by atoms with Crippen LogP contribution in [0.3, 0.4) is 0 Å².